The Kier molecular flexibility index (Phi) is 7.65. The largest absolute Gasteiger partial charge is 0.344 e. The summed E-state index contributed by atoms with van der Waals surface area (Å²) in [6.07, 6.45) is 3.59. The van der Waals surface area contributed by atoms with E-state index in [0.29, 0.717) is 6.54 Å². The molecule has 0 atom stereocenters. The molecule has 6 heteroatoms. The van der Waals surface area contributed by atoms with Crippen molar-refractivity contribution < 1.29 is 9.69 Å². The van der Waals surface area contributed by atoms with Gasteiger partial charge in [-0.25, -0.2) is 0 Å². The van der Waals surface area contributed by atoms with E-state index in [1.807, 2.05) is 14.1 Å². The molecule has 2 N–H and O–H groups in total. The van der Waals surface area contributed by atoms with E-state index < -0.39 is 0 Å². The number of amides is 1. The summed E-state index contributed by atoms with van der Waals surface area (Å²) in [5.74, 6) is 0.187. The Morgan fingerprint density at radius 3 is 2.44 bits per heavy atom. The molecule has 0 unspecified atom stereocenters. The molecule has 1 aliphatic heterocycles. The predicted molar refractivity (Wildman–Crippen MR) is 107 cm³/mol. The molecule has 1 aromatic rings. The Labute approximate surface area is 157 Å². The van der Waals surface area contributed by atoms with Crippen LogP contribution in [0.25, 0.3) is 0 Å². The maximum Gasteiger partial charge on any atom is 0.277 e. The van der Waals surface area contributed by atoms with Gasteiger partial charge >= 0.3 is 0 Å². The molecular formula is C19H31N4OS+. The number of nitrogens with zero attached hydrogens (tertiary/aromatic N) is 2. The third-order valence-electron chi connectivity index (χ3n) is 4.68. The summed E-state index contributed by atoms with van der Waals surface area (Å²) in [6, 6.07) is 8.56. The van der Waals surface area contributed by atoms with Crippen LogP contribution in [-0.2, 0) is 11.2 Å². The van der Waals surface area contributed by atoms with E-state index in [2.05, 4.69) is 41.4 Å². The van der Waals surface area contributed by atoms with E-state index in [1.54, 1.807) is 4.90 Å². The van der Waals surface area contributed by atoms with Gasteiger partial charge in [-0.15, -0.1) is 0 Å². The maximum atomic E-state index is 11.8. The number of rotatable bonds is 6. The number of nitrogens with one attached hydrogen (secondary N) is 2. The lowest BCUT2D eigenvalue weighted by Crippen LogP contribution is -3.15. The second-order valence-electron chi connectivity index (χ2n) is 6.93. The van der Waals surface area contributed by atoms with Crippen LogP contribution in [0.5, 0.6) is 0 Å². The van der Waals surface area contributed by atoms with Gasteiger partial charge in [-0.05, 0) is 42.8 Å². The summed E-state index contributed by atoms with van der Waals surface area (Å²) < 4.78 is 0. The summed E-state index contributed by atoms with van der Waals surface area (Å²) in [5, 5.41) is 4.12. The first-order chi connectivity index (χ1) is 12.0. The van der Waals surface area contributed by atoms with Gasteiger partial charge in [0.1, 0.15) is 0 Å². The van der Waals surface area contributed by atoms with Crippen molar-refractivity contribution in [1.82, 2.24) is 9.80 Å². The average Bonchev–Trinajstić information content (AvgIpc) is 2.61. The lowest BCUT2D eigenvalue weighted by atomic mass is 10.1. The number of unbranched alkanes of at least 4 members (excludes halogenated alkanes) is 1. The van der Waals surface area contributed by atoms with Crippen molar-refractivity contribution in [2.75, 3.05) is 52.1 Å². The Bertz CT molecular complexity index is 565. The zero-order chi connectivity index (χ0) is 18.2. The van der Waals surface area contributed by atoms with Crippen LogP contribution in [0.2, 0.25) is 0 Å². The molecule has 1 aromatic carbocycles. The quantitative estimate of drug-likeness (QED) is 0.741. The number of thiocarbonyl (C=S) groups is 1. The molecule has 0 aliphatic carbocycles. The average molecular weight is 364 g/mol. The van der Waals surface area contributed by atoms with Crippen LogP contribution in [0.4, 0.5) is 5.69 Å². The third-order valence-corrected chi connectivity index (χ3v) is 5.04. The lowest BCUT2D eigenvalue weighted by molar-refractivity contribution is -0.896. The molecule has 0 bridgehead atoms. The fourth-order valence-electron chi connectivity index (χ4n) is 2.91. The molecule has 5 nitrogen and oxygen atoms in total. The molecule has 1 heterocycles. The predicted octanol–water partition coefficient (Wildman–Crippen LogP) is 1.01. The van der Waals surface area contributed by atoms with E-state index in [9.17, 15) is 4.79 Å². The SMILES string of the molecule is CCCCc1ccc(NC(=S)N2CC[NH+](CC(=O)N(C)C)CC2)cc1. The maximum absolute atomic E-state index is 11.8. The molecule has 1 saturated heterocycles. The first-order valence-electron chi connectivity index (χ1n) is 9.18. The van der Waals surface area contributed by atoms with Gasteiger partial charge in [0.25, 0.3) is 5.91 Å². The smallest absolute Gasteiger partial charge is 0.277 e. The van der Waals surface area contributed by atoms with E-state index in [4.69, 9.17) is 12.2 Å². The highest BCUT2D eigenvalue weighted by molar-refractivity contribution is 7.80. The summed E-state index contributed by atoms with van der Waals surface area (Å²) in [5.41, 5.74) is 2.42. The highest BCUT2D eigenvalue weighted by Crippen LogP contribution is 2.12. The van der Waals surface area contributed by atoms with E-state index in [1.165, 1.54) is 23.3 Å². The first kappa shape index (κ1) is 19.7. The van der Waals surface area contributed by atoms with Crippen LogP contribution in [-0.4, -0.2) is 67.6 Å². The molecule has 1 amide bonds. The van der Waals surface area contributed by atoms with Crippen molar-refractivity contribution in [2.24, 2.45) is 0 Å². The Balaban J connectivity index is 1.77. The van der Waals surface area contributed by atoms with Crippen molar-refractivity contribution >= 4 is 28.9 Å². The minimum absolute atomic E-state index is 0.187. The van der Waals surface area contributed by atoms with Crippen LogP contribution < -0.4 is 10.2 Å². The topological polar surface area (TPSA) is 40.0 Å². The number of hydrogen-bond acceptors (Lipinski definition) is 2. The van der Waals surface area contributed by atoms with Gasteiger partial charge in [0.15, 0.2) is 11.7 Å². The van der Waals surface area contributed by atoms with Gasteiger partial charge in [-0.2, -0.15) is 0 Å². The molecular weight excluding hydrogens is 332 g/mol. The highest BCUT2D eigenvalue weighted by Gasteiger charge is 2.24. The number of aryl methyl sites for hydroxylation is 1. The molecule has 1 aliphatic rings. The van der Waals surface area contributed by atoms with Gasteiger partial charge in [0.05, 0.1) is 26.2 Å². The number of carbonyl (C=O) groups is 1. The summed E-state index contributed by atoms with van der Waals surface area (Å²) >= 11 is 5.56. The Morgan fingerprint density at radius 2 is 1.88 bits per heavy atom. The van der Waals surface area contributed by atoms with Crippen LogP contribution in [0.1, 0.15) is 25.3 Å². The number of benzene rings is 1. The molecule has 0 aromatic heterocycles. The van der Waals surface area contributed by atoms with Gasteiger partial charge < -0.3 is 20.0 Å². The van der Waals surface area contributed by atoms with Crippen molar-refractivity contribution in [2.45, 2.75) is 26.2 Å². The number of likely N-dealkylation sites (N-methyl/N-ethyl adjacent to an activating group) is 1. The Morgan fingerprint density at radius 1 is 1.24 bits per heavy atom. The van der Waals surface area contributed by atoms with Crippen LogP contribution in [0.15, 0.2) is 24.3 Å². The van der Waals surface area contributed by atoms with Gasteiger partial charge in [0.2, 0.25) is 0 Å². The number of carbonyl (C=O) groups excluding carboxylic acids is 1. The first-order valence-corrected chi connectivity index (χ1v) is 9.59. The molecule has 0 spiro atoms. The van der Waals surface area contributed by atoms with Crippen molar-refractivity contribution in [3.63, 3.8) is 0 Å². The summed E-state index contributed by atoms with van der Waals surface area (Å²) in [4.78, 5) is 17.0. The fraction of sp³-hybridized carbons (Fsp3) is 0.579. The van der Waals surface area contributed by atoms with Crippen molar-refractivity contribution in [3.05, 3.63) is 29.8 Å². The second-order valence-corrected chi connectivity index (χ2v) is 7.32. The molecule has 2 rings (SSSR count). The number of piperazine rings is 1. The van der Waals surface area contributed by atoms with Gasteiger partial charge in [0, 0.05) is 19.8 Å². The summed E-state index contributed by atoms with van der Waals surface area (Å²) in [7, 11) is 3.62. The fourth-order valence-corrected chi connectivity index (χ4v) is 3.21. The van der Waals surface area contributed by atoms with Crippen LogP contribution in [0.3, 0.4) is 0 Å². The Hall–Kier alpha value is -1.66. The third kappa shape index (κ3) is 6.29. The number of anilines is 1. The molecule has 1 fully saturated rings. The van der Waals surface area contributed by atoms with E-state index in [-0.39, 0.29) is 5.91 Å². The van der Waals surface area contributed by atoms with Crippen LogP contribution >= 0.6 is 12.2 Å². The van der Waals surface area contributed by atoms with Crippen molar-refractivity contribution in [3.8, 4) is 0 Å². The molecule has 25 heavy (non-hydrogen) atoms. The second kappa shape index (κ2) is 9.73. The van der Waals surface area contributed by atoms with Gasteiger partial charge in [-0.3, -0.25) is 4.79 Å². The lowest BCUT2D eigenvalue weighted by Gasteiger charge is -2.33. The van der Waals surface area contributed by atoms with Crippen molar-refractivity contribution in [1.29, 1.82) is 0 Å². The number of quaternary nitrogens is 1. The van der Waals surface area contributed by atoms with Gasteiger partial charge in [-0.1, -0.05) is 25.5 Å². The van der Waals surface area contributed by atoms with Crippen LogP contribution in [0, 0.1) is 0 Å². The molecule has 0 saturated carbocycles. The zero-order valence-corrected chi connectivity index (χ0v) is 16.5. The molecule has 0 radical (unpaired) electrons. The minimum Gasteiger partial charge on any atom is -0.344 e. The number of hydrogen-bond donors (Lipinski definition) is 2. The van der Waals surface area contributed by atoms with E-state index >= 15 is 0 Å². The summed E-state index contributed by atoms with van der Waals surface area (Å²) in [6.45, 7) is 6.44. The standard InChI is InChI=1S/C19H30N4OS/c1-4-5-6-16-7-9-17(10-8-16)20-19(25)23-13-11-22(12-14-23)15-18(24)21(2)3/h7-10H,4-6,11-15H2,1-3H3,(H,20,25)/p+1. The normalized spacial score (nSPS) is 15.1. The zero-order valence-electron chi connectivity index (χ0n) is 15.7. The molecule has 138 valence electrons. The highest BCUT2D eigenvalue weighted by atomic mass is 32.1. The monoisotopic (exact) mass is 363 g/mol. The van der Waals surface area contributed by atoms with E-state index in [0.717, 1.165) is 43.4 Å². The minimum atomic E-state index is 0.187.